The Labute approximate surface area is 98.8 Å². The first-order valence-electron chi connectivity index (χ1n) is 6.48. The fraction of sp³-hybridized carbons (Fsp3) is 0.923. The first-order chi connectivity index (χ1) is 7.52. The number of carbonyl (C=O) groups is 1. The predicted octanol–water partition coefficient (Wildman–Crippen LogP) is 2.61. The lowest BCUT2D eigenvalue weighted by Crippen LogP contribution is -2.41. The molecule has 16 heavy (non-hydrogen) atoms. The minimum Gasteiger partial charge on any atom is -0.481 e. The van der Waals surface area contributed by atoms with Gasteiger partial charge in [-0.15, -0.1) is 0 Å². The van der Waals surface area contributed by atoms with Gasteiger partial charge in [0.15, 0.2) is 0 Å². The molecule has 0 aliphatic heterocycles. The smallest absolute Gasteiger partial charge is 0.304 e. The van der Waals surface area contributed by atoms with Crippen molar-refractivity contribution in [3.05, 3.63) is 0 Å². The molecular formula is C13H25NO2. The van der Waals surface area contributed by atoms with Crippen molar-refractivity contribution in [2.45, 2.75) is 52.5 Å². The van der Waals surface area contributed by atoms with Crippen LogP contribution in [0.3, 0.4) is 0 Å². The number of nitrogens with zero attached hydrogens (tertiary/aromatic N) is 1. The largest absolute Gasteiger partial charge is 0.481 e. The summed E-state index contributed by atoms with van der Waals surface area (Å²) < 4.78 is 0. The lowest BCUT2D eigenvalue weighted by Gasteiger charge is -2.38. The van der Waals surface area contributed by atoms with Crippen LogP contribution in [0, 0.1) is 11.8 Å². The zero-order valence-corrected chi connectivity index (χ0v) is 10.8. The van der Waals surface area contributed by atoms with E-state index in [1.807, 2.05) is 0 Å². The Bertz CT molecular complexity index is 220. The van der Waals surface area contributed by atoms with Gasteiger partial charge in [0.05, 0.1) is 6.42 Å². The molecule has 1 rings (SSSR count). The number of hydrogen-bond donors (Lipinski definition) is 1. The van der Waals surface area contributed by atoms with Crippen molar-refractivity contribution in [2.75, 3.05) is 13.1 Å². The van der Waals surface area contributed by atoms with Crippen molar-refractivity contribution in [1.29, 1.82) is 0 Å². The highest BCUT2D eigenvalue weighted by Gasteiger charge is 2.27. The van der Waals surface area contributed by atoms with Crippen molar-refractivity contribution in [3.63, 3.8) is 0 Å². The van der Waals surface area contributed by atoms with Gasteiger partial charge in [0.1, 0.15) is 0 Å². The van der Waals surface area contributed by atoms with Gasteiger partial charge in [0, 0.05) is 12.6 Å². The monoisotopic (exact) mass is 227 g/mol. The second-order valence-electron chi connectivity index (χ2n) is 5.34. The molecule has 2 unspecified atom stereocenters. The molecule has 0 spiro atoms. The second kappa shape index (κ2) is 6.24. The Morgan fingerprint density at radius 1 is 1.25 bits per heavy atom. The summed E-state index contributed by atoms with van der Waals surface area (Å²) in [4.78, 5) is 13.0. The Hall–Kier alpha value is -0.570. The highest BCUT2D eigenvalue weighted by atomic mass is 16.4. The Morgan fingerprint density at radius 2 is 1.81 bits per heavy atom. The minimum absolute atomic E-state index is 0.271. The molecule has 1 aliphatic carbocycles. The van der Waals surface area contributed by atoms with Gasteiger partial charge in [0.2, 0.25) is 0 Å². The quantitative estimate of drug-likeness (QED) is 0.785. The van der Waals surface area contributed by atoms with Crippen LogP contribution in [0.2, 0.25) is 0 Å². The van der Waals surface area contributed by atoms with Crippen LogP contribution in [0.25, 0.3) is 0 Å². The summed E-state index contributed by atoms with van der Waals surface area (Å²) in [7, 11) is 0. The van der Waals surface area contributed by atoms with Crippen LogP contribution in [-0.4, -0.2) is 35.1 Å². The van der Waals surface area contributed by atoms with Crippen molar-refractivity contribution in [3.8, 4) is 0 Å². The van der Waals surface area contributed by atoms with Crippen LogP contribution in [0.1, 0.15) is 46.5 Å². The van der Waals surface area contributed by atoms with E-state index < -0.39 is 5.97 Å². The normalized spacial score (nSPS) is 30.6. The summed E-state index contributed by atoms with van der Waals surface area (Å²) in [5.74, 6) is 0.885. The lowest BCUT2D eigenvalue weighted by molar-refractivity contribution is -0.137. The van der Waals surface area contributed by atoms with Crippen molar-refractivity contribution in [1.82, 2.24) is 4.90 Å². The van der Waals surface area contributed by atoms with E-state index in [0.29, 0.717) is 12.6 Å². The van der Waals surface area contributed by atoms with Gasteiger partial charge in [-0.05, 0) is 37.6 Å². The number of aliphatic carboxylic acids is 1. The van der Waals surface area contributed by atoms with Gasteiger partial charge in [-0.3, -0.25) is 4.79 Å². The predicted molar refractivity (Wildman–Crippen MR) is 65.5 cm³/mol. The Morgan fingerprint density at radius 3 is 2.25 bits per heavy atom. The Balaban J connectivity index is 2.47. The molecule has 1 aliphatic rings. The standard InChI is InChI=1S/C13H25NO2/c1-4-14(6-5-13(15)16)12-8-10(2)7-11(3)9-12/h10-12H,4-9H2,1-3H3,(H,15,16). The number of hydrogen-bond acceptors (Lipinski definition) is 2. The molecule has 1 N–H and O–H groups in total. The average Bonchev–Trinajstić information content (AvgIpc) is 2.16. The van der Waals surface area contributed by atoms with Crippen LogP contribution >= 0.6 is 0 Å². The van der Waals surface area contributed by atoms with Crippen LogP contribution in [0.5, 0.6) is 0 Å². The maximum absolute atomic E-state index is 10.6. The first kappa shape index (κ1) is 13.5. The van der Waals surface area contributed by atoms with Crippen LogP contribution < -0.4 is 0 Å². The number of rotatable bonds is 5. The number of carboxylic acids is 1. The first-order valence-corrected chi connectivity index (χ1v) is 6.48. The molecule has 0 aromatic rings. The van der Waals surface area contributed by atoms with E-state index in [1.165, 1.54) is 19.3 Å². The summed E-state index contributed by atoms with van der Waals surface area (Å²) in [6, 6.07) is 0.600. The molecule has 0 saturated heterocycles. The van der Waals surface area contributed by atoms with Gasteiger partial charge >= 0.3 is 5.97 Å². The molecule has 0 aromatic carbocycles. The highest BCUT2D eigenvalue weighted by molar-refractivity contribution is 5.66. The van der Waals surface area contributed by atoms with Crippen LogP contribution in [0.4, 0.5) is 0 Å². The molecule has 3 nitrogen and oxygen atoms in total. The second-order valence-corrected chi connectivity index (χ2v) is 5.34. The van der Waals surface area contributed by atoms with Crippen LogP contribution in [0.15, 0.2) is 0 Å². The number of carboxylic acid groups (broad SMARTS) is 1. The molecule has 2 atom stereocenters. The van der Waals surface area contributed by atoms with Gasteiger partial charge in [-0.25, -0.2) is 0 Å². The maximum atomic E-state index is 10.6. The summed E-state index contributed by atoms with van der Waals surface area (Å²) in [5.41, 5.74) is 0. The van der Waals surface area contributed by atoms with Crippen LogP contribution in [-0.2, 0) is 4.79 Å². The third-order valence-electron chi connectivity index (χ3n) is 3.69. The SMILES string of the molecule is CCN(CCC(=O)O)C1CC(C)CC(C)C1. The van der Waals surface area contributed by atoms with Gasteiger partial charge in [-0.2, -0.15) is 0 Å². The molecule has 1 fully saturated rings. The van der Waals surface area contributed by atoms with E-state index in [0.717, 1.165) is 18.4 Å². The van der Waals surface area contributed by atoms with E-state index in [-0.39, 0.29) is 6.42 Å². The van der Waals surface area contributed by atoms with Gasteiger partial charge < -0.3 is 10.0 Å². The zero-order valence-electron chi connectivity index (χ0n) is 10.8. The van der Waals surface area contributed by atoms with E-state index in [2.05, 4.69) is 25.7 Å². The van der Waals surface area contributed by atoms with E-state index in [4.69, 9.17) is 5.11 Å². The molecule has 94 valence electrons. The topological polar surface area (TPSA) is 40.5 Å². The molecule has 0 aromatic heterocycles. The van der Waals surface area contributed by atoms with Gasteiger partial charge in [-0.1, -0.05) is 20.8 Å². The average molecular weight is 227 g/mol. The van der Waals surface area contributed by atoms with Crippen molar-refractivity contribution in [2.24, 2.45) is 11.8 Å². The summed E-state index contributed by atoms with van der Waals surface area (Å²) in [6.07, 6.45) is 4.07. The van der Waals surface area contributed by atoms with E-state index in [1.54, 1.807) is 0 Å². The van der Waals surface area contributed by atoms with Crippen molar-refractivity contribution >= 4 is 5.97 Å². The fourth-order valence-corrected chi connectivity index (χ4v) is 3.04. The summed E-state index contributed by atoms with van der Waals surface area (Å²) >= 11 is 0. The third kappa shape index (κ3) is 4.12. The third-order valence-corrected chi connectivity index (χ3v) is 3.69. The van der Waals surface area contributed by atoms with Crippen molar-refractivity contribution < 1.29 is 9.90 Å². The molecule has 0 radical (unpaired) electrons. The highest BCUT2D eigenvalue weighted by Crippen LogP contribution is 2.31. The zero-order chi connectivity index (χ0) is 12.1. The van der Waals surface area contributed by atoms with Gasteiger partial charge in [0.25, 0.3) is 0 Å². The fourth-order valence-electron chi connectivity index (χ4n) is 3.04. The molecular weight excluding hydrogens is 202 g/mol. The van der Waals surface area contributed by atoms with E-state index in [9.17, 15) is 4.79 Å². The molecule has 0 amide bonds. The Kier molecular flexibility index (Phi) is 5.26. The molecule has 0 heterocycles. The summed E-state index contributed by atoms with van der Waals surface area (Å²) in [5, 5.41) is 8.73. The molecule has 0 bridgehead atoms. The van der Waals surface area contributed by atoms with E-state index >= 15 is 0 Å². The molecule has 1 saturated carbocycles. The lowest BCUT2D eigenvalue weighted by atomic mass is 9.80. The molecule has 3 heteroatoms. The maximum Gasteiger partial charge on any atom is 0.304 e. The summed E-state index contributed by atoms with van der Waals surface area (Å²) in [6.45, 7) is 8.43. The minimum atomic E-state index is -0.685.